The maximum Gasteiger partial charge on any atom is 0.191 e. The average Bonchev–Trinajstić information content (AvgIpc) is 3.19. The molecule has 136 valence electrons. The van der Waals surface area contributed by atoms with E-state index in [1.54, 1.807) is 0 Å². The van der Waals surface area contributed by atoms with E-state index in [2.05, 4.69) is 62.4 Å². The van der Waals surface area contributed by atoms with E-state index in [-0.39, 0.29) is 29.4 Å². The number of aliphatic hydroxyl groups excluding tert-OH is 1. The van der Waals surface area contributed by atoms with Gasteiger partial charge in [-0.05, 0) is 35.8 Å². The molecule has 1 fully saturated rings. The molecule has 1 aromatic rings. The summed E-state index contributed by atoms with van der Waals surface area (Å²) >= 11 is 0. The number of aliphatic imine (C=N–C) groups is 1. The van der Waals surface area contributed by atoms with Gasteiger partial charge in [-0.25, -0.2) is 0 Å². The number of aliphatic hydroxyl groups is 1. The number of guanidine groups is 1. The van der Waals surface area contributed by atoms with Crippen molar-refractivity contribution in [2.45, 2.75) is 58.6 Å². The van der Waals surface area contributed by atoms with E-state index in [1.165, 1.54) is 12.0 Å². The second kappa shape index (κ2) is 9.04. The lowest BCUT2D eigenvalue weighted by Crippen LogP contribution is -2.39. The molecule has 1 aromatic carbocycles. The zero-order chi connectivity index (χ0) is 17.0. The fourth-order valence-corrected chi connectivity index (χ4v) is 2.51. The van der Waals surface area contributed by atoms with Crippen molar-refractivity contribution >= 4 is 29.9 Å². The zero-order valence-electron chi connectivity index (χ0n) is 15.5. The fourth-order valence-electron chi connectivity index (χ4n) is 2.51. The van der Waals surface area contributed by atoms with Gasteiger partial charge < -0.3 is 15.7 Å². The minimum Gasteiger partial charge on any atom is -0.386 e. The summed E-state index contributed by atoms with van der Waals surface area (Å²) in [7, 11) is 0. The van der Waals surface area contributed by atoms with Gasteiger partial charge in [-0.1, -0.05) is 52.0 Å². The van der Waals surface area contributed by atoms with Gasteiger partial charge in [0.25, 0.3) is 0 Å². The molecule has 3 N–H and O–H groups in total. The summed E-state index contributed by atoms with van der Waals surface area (Å²) in [4.78, 5) is 4.52. The summed E-state index contributed by atoms with van der Waals surface area (Å²) in [6.45, 7) is 12.0. The molecule has 0 heterocycles. The van der Waals surface area contributed by atoms with Gasteiger partial charge in [0.2, 0.25) is 0 Å². The monoisotopic (exact) mass is 445 g/mol. The Morgan fingerprint density at radius 2 is 1.88 bits per heavy atom. The standard InChI is InChI=1S/C19H31N3O.HI/c1-6-20-18(22-16-11-13(16)2)21-12-17(23)14-7-9-15(10-8-14)19(3,4)5;/h7-10,13,16-17,23H,6,11-12H2,1-5H3,(H2,20,21,22);1H. The van der Waals surface area contributed by atoms with Crippen LogP contribution in [0.15, 0.2) is 29.3 Å². The van der Waals surface area contributed by atoms with Crippen molar-refractivity contribution in [1.82, 2.24) is 10.6 Å². The minimum atomic E-state index is -0.573. The molecule has 0 aromatic heterocycles. The van der Waals surface area contributed by atoms with E-state index in [1.807, 2.05) is 12.1 Å². The number of hydrogen-bond acceptors (Lipinski definition) is 2. The maximum atomic E-state index is 10.4. The first-order chi connectivity index (χ1) is 10.8. The van der Waals surface area contributed by atoms with Crippen LogP contribution in [-0.2, 0) is 5.41 Å². The molecule has 0 radical (unpaired) electrons. The molecule has 5 heteroatoms. The van der Waals surface area contributed by atoms with Crippen molar-refractivity contribution < 1.29 is 5.11 Å². The molecular formula is C19H32IN3O. The van der Waals surface area contributed by atoms with Crippen molar-refractivity contribution in [1.29, 1.82) is 0 Å². The van der Waals surface area contributed by atoms with Gasteiger partial charge in [0.1, 0.15) is 0 Å². The molecule has 1 aliphatic rings. The van der Waals surface area contributed by atoms with Crippen LogP contribution in [0.3, 0.4) is 0 Å². The molecule has 3 atom stereocenters. The largest absolute Gasteiger partial charge is 0.386 e. The summed E-state index contributed by atoms with van der Waals surface area (Å²) < 4.78 is 0. The average molecular weight is 445 g/mol. The van der Waals surface area contributed by atoms with Gasteiger partial charge in [0.15, 0.2) is 5.96 Å². The highest BCUT2D eigenvalue weighted by Crippen LogP contribution is 2.28. The van der Waals surface area contributed by atoms with Crippen LogP contribution in [0, 0.1) is 5.92 Å². The first-order valence-electron chi connectivity index (χ1n) is 8.64. The van der Waals surface area contributed by atoms with Crippen molar-refractivity contribution in [3.05, 3.63) is 35.4 Å². The summed E-state index contributed by atoms with van der Waals surface area (Å²) in [5.74, 6) is 1.51. The van der Waals surface area contributed by atoms with Crippen molar-refractivity contribution in [2.24, 2.45) is 10.9 Å². The van der Waals surface area contributed by atoms with Gasteiger partial charge in [0, 0.05) is 12.6 Å². The molecule has 3 unspecified atom stereocenters. The molecular weight excluding hydrogens is 413 g/mol. The molecule has 0 spiro atoms. The molecule has 4 nitrogen and oxygen atoms in total. The topological polar surface area (TPSA) is 56.7 Å². The third-order valence-electron chi connectivity index (χ3n) is 4.36. The summed E-state index contributed by atoms with van der Waals surface area (Å²) in [5, 5.41) is 17.0. The van der Waals surface area contributed by atoms with Crippen LogP contribution in [0.4, 0.5) is 0 Å². The first-order valence-corrected chi connectivity index (χ1v) is 8.64. The van der Waals surface area contributed by atoms with Gasteiger partial charge in [-0.2, -0.15) is 0 Å². The maximum absolute atomic E-state index is 10.4. The summed E-state index contributed by atoms with van der Waals surface area (Å²) in [6, 6.07) is 8.72. The van der Waals surface area contributed by atoms with Gasteiger partial charge in [-0.3, -0.25) is 4.99 Å². The number of halogens is 1. The number of nitrogens with one attached hydrogen (secondary N) is 2. The molecule has 0 bridgehead atoms. The Hall–Kier alpha value is -0.820. The molecule has 0 amide bonds. The molecule has 1 aliphatic carbocycles. The zero-order valence-corrected chi connectivity index (χ0v) is 17.8. The Balaban J connectivity index is 0.00000288. The number of benzene rings is 1. The molecule has 0 saturated heterocycles. The van der Waals surface area contributed by atoms with Crippen LogP contribution in [0.25, 0.3) is 0 Å². The summed E-state index contributed by atoms with van der Waals surface area (Å²) in [6.07, 6.45) is 0.623. The van der Waals surface area contributed by atoms with E-state index >= 15 is 0 Å². The Labute approximate surface area is 163 Å². The highest BCUT2D eigenvalue weighted by Gasteiger charge is 2.33. The second-order valence-electron chi connectivity index (χ2n) is 7.57. The lowest BCUT2D eigenvalue weighted by Gasteiger charge is -2.20. The van der Waals surface area contributed by atoms with Crippen LogP contribution >= 0.6 is 24.0 Å². The Kier molecular flexibility index (Phi) is 7.99. The van der Waals surface area contributed by atoms with Crippen molar-refractivity contribution in [3.63, 3.8) is 0 Å². The Bertz CT molecular complexity index is 537. The SMILES string of the molecule is CCNC(=NCC(O)c1ccc(C(C)(C)C)cc1)NC1CC1C.I. The fraction of sp³-hybridized carbons (Fsp3) is 0.632. The van der Waals surface area contributed by atoms with E-state index in [0.29, 0.717) is 18.5 Å². The highest BCUT2D eigenvalue weighted by molar-refractivity contribution is 14.0. The Morgan fingerprint density at radius 1 is 1.29 bits per heavy atom. The van der Waals surface area contributed by atoms with Gasteiger partial charge >= 0.3 is 0 Å². The van der Waals surface area contributed by atoms with E-state index < -0.39 is 6.10 Å². The quantitative estimate of drug-likeness (QED) is 0.369. The number of hydrogen-bond donors (Lipinski definition) is 3. The number of rotatable bonds is 5. The van der Waals surface area contributed by atoms with Crippen molar-refractivity contribution in [3.8, 4) is 0 Å². The number of nitrogens with zero attached hydrogens (tertiary/aromatic N) is 1. The summed E-state index contributed by atoms with van der Waals surface area (Å²) in [5.41, 5.74) is 2.32. The Morgan fingerprint density at radius 3 is 2.33 bits per heavy atom. The third-order valence-corrected chi connectivity index (χ3v) is 4.36. The first kappa shape index (κ1) is 21.2. The predicted molar refractivity (Wildman–Crippen MR) is 112 cm³/mol. The molecule has 1 saturated carbocycles. The van der Waals surface area contributed by atoms with Gasteiger partial charge in [0.05, 0.1) is 12.6 Å². The van der Waals surface area contributed by atoms with Crippen LogP contribution in [0.2, 0.25) is 0 Å². The minimum absolute atomic E-state index is 0. The predicted octanol–water partition coefficient (Wildman–Crippen LogP) is 3.60. The molecule has 0 aliphatic heterocycles. The van der Waals surface area contributed by atoms with E-state index in [0.717, 1.165) is 18.1 Å². The highest BCUT2D eigenvalue weighted by atomic mass is 127. The van der Waals surface area contributed by atoms with Crippen molar-refractivity contribution in [2.75, 3.05) is 13.1 Å². The molecule has 24 heavy (non-hydrogen) atoms. The second-order valence-corrected chi connectivity index (χ2v) is 7.57. The van der Waals surface area contributed by atoms with Gasteiger partial charge in [-0.15, -0.1) is 24.0 Å². The van der Waals surface area contributed by atoms with E-state index in [4.69, 9.17) is 0 Å². The smallest absolute Gasteiger partial charge is 0.191 e. The lowest BCUT2D eigenvalue weighted by molar-refractivity contribution is 0.187. The third kappa shape index (κ3) is 6.24. The normalized spacial score (nSPS) is 21.7. The molecule has 2 rings (SSSR count). The van der Waals surface area contributed by atoms with Crippen LogP contribution in [-0.4, -0.2) is 30.2 Å². The van der Waals surface area contributed by atoms with Crippen LogP contribution in [0.5, 0.6) is 0 Å². The van der Waals surface area contributed by atoms with E-state index in [9.17, 15) is 5.11 Å². The lowest BCUT2D eigenvalue weighted by atomic mass is 9.86. The van der Waals surface area contributed by atoms with Crippen LogP contribution < -0.4 is 10.6 Å². The van der Waals surface area contributed by atoms with Crippen LogP contribution in [0.1, 0.15) is 58.3 Å².